The van der Waals surface area contributed by atoms with E-state index in [2.05, 4.69) is 67.5 Å². The molecule has 4 aliphatic rings. The van der Waals surface area contributed by atoms with Crippen LogP contribution in [0.4, 0.5) is 0 Å². The molecule has 1 N–H and O–H groups in total. The number of aliphatic hydroxyl groups excluding tert-OH is 1. The highest BCUT2D eigenvalue weighted by Crippen LogP contribution is 2.72. The van der Waals surface area contributed by atoms with Crippen molar-refractivity contribution in [3.63, 3.8) is 0 Å². The minimum Gasteiger partial charge on any atom is -0.393 e. The first-order valence-electron chi connectivity index (χ1n) is 13.9. The van der Waals surface area contributed by atoms with Crippen LogP contribution in [0, 0.1) is 39.4 Å². The minimum absolute atomic E-state index is 0.0300. The standard InChI is InChI=1S/C31H52O2/c1-21(11-10-17-27(2,3)33-9)22-14-19-31(8)24-12-13-25-28(4,5)26(32)16-18-29(25,6)23(24)15-20-30(22,31)7/h10,17,21-22,25-26,32H,11-16,18-20H2,1-9H3/b17-10+/t21-,22?,25+,26+,29-,30-,31+/m1/s1. The number of fused-ring (bicyclic) bond motifs is 4. The second-order valence-corrected chi connectivity index (χ2v) is 14.2. The van der Waals surface area contributed by atoms with Gasteiger partial charge >= 0.3 is 0 Å². The zero-order chi connectivity index (χ0) is 24.4. The molecule has 7 atom stereocenters. The van der Waals surface area contributed by atoms with Gasteiger partial charge in [0, 0.05) is 7.11 Å². The van der Waals surface area contributed by atoms with Crippen LogP contribution in [0.25, 0.3) is 0 Å². The average molecular weight is 457 g/mol. The molecule has 0 aromatic heterocycles. The van der Waals surface area contributed by atoms with E-state index in [1.165, 1.54) is 44.9 Å². The molecule has 0 aliphatic heterocycles. The largest absolute Gasteiger partial charge is 0.393 e. The average Bonchev–Trinajstić information content (AvgIpc) is 3.02. The molecule has 0 saturated heterocycles. The van der Waals surface area contributed by atoms with Gasteiger partial charge in [-0.3, -0.25) is 0 Å². The Morgan fingerprint density at radius 2 is 1.70 bits per heavy atom. The van der Waals surface area contributed by atoms with Crippen molar-refractivity contribution in [1.29, 1.82) is 0 Å². The highest BCUT2D eigenvalue weighted by atomic mass is 16.5. The van der Waals surface area contributed by atoms with E-state index in [9.17, 15) is 5.11 Å². The summed E-state index contributed by atoms with van der Waals surface area (Å²) in [6, 6.07) is 0. The van der Waals surface area contributed by atoms with Gasteiger partial charge in [-0.05, 0) is 111 Å². The van der Waals surface area contributed by atoms with E-state index in [0.29, 0.717) is 28.1 Å². The maximum absolute atomic E-state index is 10.8. The Bertz CT molecular complexity index is 819. The Labute approximate surface area is 204 Å². The normalized spacial score (nSPS) is 43.9. The van der Waals surface area contributed by atoms with Crippen LogP contribution in [0.2, 0.25) is 0 Å². The molecule has 0 heterocycles. The molecule has 4 rings (SSSR count). The molecule has 0 bridgehead atoms. The molecular weight excluding hydrogens is 404 g/mol. The minimum atomic E-state index is -0.173. The third-order valence-electron chi connectivity index (χ3n) is 12.0. The van der Waals surface area contributed by atoms with Gasteiger partial charge in [0.05, 0.1) is 11.7 Å². The van der Waals surface area contributed by atoms with Gasteiger partial charge in [-0.2, -0.15) is 0 Å². The van der Waals surface area contributed by atoms with Crippen LogP contribution >= 0.6 is 0 Å². The van der Waals surface area contributed by atoms with E-state index in [4.69, 9.17) is 4.74 Å². The first-order chi connectivity index (χ1) is 15.2. The van der Waals surface area contributed by atoms with Crippen LogP contribution < -0.4 is 0 Å². The van der Waals surface area contributed by atoms with E-state index in [1.54, 1.807) is 7.11 Å². The molecule has 188 valence electrons. The highest BCUT2D eigenvalue weighted by Gasteiger charge is 2.63. The summed E-state index contributed by atoms with van der Waals surface area (Å²) in [4.78, 5) is 0. The van der Waals surface area contributed by atoms with E-state index < -0.39 is 0 Å². The quantitative estimate of drug-likeness (QED) is 0.423. The predicted molar refractivity (Wildman–Crippen MR) is 139 cm³/mol. The number of ether oxygens (including phenoxy) is 1. The molecule has 0 spiro atoms. The van der Waals surface area contributed by atoms with Gasteiger partial charge in [0.1, 0.15) is 0 Å². The Kier molecular flexibility index (Phi) is 6.35. The van der Waals surface area contributed by atoms with Crippen molar-refractivity contribution in [2.24, 2.45) is 39.4 Å². The molecule has 0 amide bonds. The van der Waals surface area contributed by atoms with Crippen molar-refractivity contribution in [2.75, 3.05) is 7.11 Å². The predicted octanol–water partition coefficient (Wildman–Crippen LogP) is 8.10. The fourth-order valence-electron chi connectivity index (χ4n) is 9.43. The number of hydrogen-bond donors (Lipinski definition) is 1. The maximum atomic E-state index is 10.8. The molecule has 33 heavy (non-hydrogen) atoms. The van der Waals surface area contributed by atoms with Crippen molar-refractivity contribution < 1.29 is 9.84 Å². The van der Waals surface area contributed by atoms with Crippen LogP contribution in [-0.2, 0) is 4.74 Å². The van der Waals surface area contributed by atoms with Crippen LogP contribution in [-0.4, -0.2) is 23.9 Å². The van der Waals surface area contributed by atoms with Crippen LogP contribution in [0.1, 0.15) is 113 Å². The molecule has 4 aliphatic carbocycles. The molecule has 2 saturated carbocycles. The Hall–Kier alpha value is -0.600. The maximum Gasteiger partial charge on any atom is 0.0802 e. The zero-order valence-corrected chi connectivity index (χ0v) is 23.2. The fraction of sp³-hybridized carbons (Fsp3) is 0.871. The van der Waals surface area contributed by atoms with Gasteiger partial charge in [0.2, 0.25) is 0 Å². The number of allylic oxidation sites excluding steroid dienone is 3. The second kappa shape index (κ2) is 8.22. The monoisotopic (exact) mass is 456 g/mol. The molecule has 0 aromatic rings. The summed E-state index contributed by atoms with van der Waals surface area (Å²) < 4.78 is 5.59. The summed E-state index contributed by atoms with van der Waals surface area (Å²) in [6.45, 7) is 19.3. The van der Waals surface area contributed by atoms with Gasteiger partial charge in [0.15, 0.2) is 0 Å². The lowest BCUT2D eigenvalue weighted by Crippen LogP contribution is -2.55. The number of hydrogen-bond acceptors (Lipinski definition) is 2. The summed E-state index contributed by atoms with van der Waals surface area (Å²) in [5.41, 5.74) is 4.59. The SMILES string of the molecule is COC(C)(C)/C=C/C[C@@H](C)C1CC[C@@]2(C)C3=C(CC[C@]12C)[C@@]1(C)CC[C@H](O)C(C)(C)[C@@H]1CC3. The van der Waals surface area contributed by atoms with Crippen LogP contribution in [0.15, 0.2) is 23.3 Å². The fourth-order valence-corrected chi connectivity index (χ4v) is 9.43. The van der Waals surface area contributed by atoms with Gasteiger partial charge < -0.3 is 9.84 Å². The highest BCUT2D eigenvalue weighted by molar-refractivity contribution is 5.38. The first-order valence-corrected chi connectivity index (χ1v) is 13.9. The summed E-state index contributed by atoms with van der Waals surface area (Å²) in [6.07, 6.45) is 15.7. The topological polar surface area (TPSA) is 29.5 Å². The van der Waals surface area contributed by atoms with Crippen LogP contribution in [0.5, 0.6) is 0 Å². The van der Waals surface area contributed by atoms with E-state index >= 15 is 0 Å². The van der Waals surface area contributed by atoms with Crippen molar-refractivity contribution in [2.45, 2.75) is 125 Å². The summed E-state index contributed by atoms with van der Waals surface area (Å²) in [5, 5.41) is 10.8. The molecule has 0 aromatic carbocycles. The van der Waals surface area contributed by atoms with Gasteiger partial charge in [-0.1, -0.05) is 64.8 Å². The van der Waals surface area contributed by atoms with Crippen molar-refractivity contribution >= 4 is 0 Å². The van der Waals surface area contributed by atoms with Crippen LogP contribution in [0.3, 0.4) is 0 Å². The van der Waals surface area contributed by atoms with Crippen molar-refractivity contribution in [3.8, 4) is 0 Å². The summed E-state index contributed by atoms with van der Waals surface area (Å²) >= 11 is 0. The third-order valence-corrected chi connectivity index (χ3v) is 12.0. The third kappa shape index (κ3) is 3.72. The lowest BCUT2D eigenvalue weighted by atomic mass is 9.43. The van der Waals surface area contributed by atoms with E-state index in [0.717, 1.165) is 18.8 Å². The molecule has 0 radical (unpaired) electrons. The number of rotatable bonds is 5. The zero-order valence-electron chi connectivity index (χ0n) is 23.2. The van der Waals surface area contributed by atoms with Gasteiger partial charge in [-0.25, -0.2) is 0 Å². The summed E-state index contributed by atoms with van der Waals surface area (Å²) in [7, 11) is 1.80. The molecule has 2 fully saturated rings. The summed E-state index contributed by atoms with van der Waals surface area (Å²) in [5.74, 6) is 2.12. The van der Waals surface area contributed by atoms with Crippen molar-refractivity contribution in [3.05, 3.63) is 23.3 Å². The lowest BCUT2D eigenvalue weighted by molar-refractivity contribution is -0.0961. The second-order valence-electron chi connectivity index (χ2n) is 14.2. The van der Waals surface area contributed by atoms with Crippen molar-refractivity contribution in [1.82, 2.24) is 0 Å². The van der Waals surface area contributed by atoms with E-state index in [-0.39, 0.29) is 17.1 Å². The smallest absolute Gasteiger partial charge is 0.0802 e. The number of aliphatic hydroxyl groups is 1. The molecule has 2 heteroatoms. The van der Waals surface area contributed by atoms with Gasteiger partial charge in [-0.15, -0.1) is 0 Å². The van der Waals surface area contributed by atoms with Gasteiger partial charge in [0.25, 0.3) is 0 Å². The molecular formula is C31H52O2. The number of methoxy groups -OCH3 is 1. The van der Waals surface area contributed by atoms with E-state index in [1.807, 2.05) is 11.1 Å². The molecule has 1 unspecified atom stereocenters. The Morgan fingerprint density at radius 3 is 2.36 bits per heavy atom. The lowest BCUT2D eigenvalue weighted by Gasteiger charge is -2.62. The Balaban J connectivity index is 1.61. The Morgan fingerprint density at radius 1 is 1.00 bits per heavy atom. The molecule has 2 nitrogen and oxygen atoms in total. The first kappa shape index (κ1) is 25.5.